The van der Waals surface area contributed by atoms with Crippen molar-refractivity contribution >= 4 is 23.2 Å². The highest BCUT2D eigenvalue weighted by molar-refractivity contribution is 6.30. The fraction of sp³-hybridized carbons (Fsp3) is 0.364. The van der Waals surface area contributed by atoms with Crippen molar-refractivity contribution in [3.63, 3.8) is 0 Å². The number of aromatic nitrogens is 4. The van der Waals surface area contributed by atoms with Gasteiger partial charge in [-0.1, -0.05) is 11.6 Å². The molecule has 156 valence electrons. The fourth-order valence-corrected chi connectivity index (χ4v) is 4.30. The maximum Gasteiger partial charge on any atom is 0.251 e. The zero-order valence-corrected chi connectivity index (χ0v) is 18.2. The molecule has 6 nitrogen and oxygen atoms in total. The first kappa shape index (κ1) is 20.5. The van der Waals surface area contributed by atoms with Crippen LogP contribution in [0.1, 0.15) is 40.3 Å². The molecule has 3 heterocycles. The van der Waals surface area contributed by atoms with E-state index in [0.29, 0.717) is 29.6 Å². The molecule has 1 aliphatic rings. The number of aryl methyl sites for hydroxylation is 4. The fourth-order valence-electron chi connectivity index (χ4n) is 4.08. The summed E-state index contributed by atoms with van der Waals surface area (Å²) in [5.74, 6) is -0.140. The summed E-state index contributed by atoms with van der Waals surface area (Å²) in [6.07, 6.45) is 1.60. The van der Waals surface area contributed by atoms with Crippen molar-refractivity contribution in [2.45, 2.75) is 47.0 Å². The van der Waals surface area contributed by atoms with Gasteiger partial charge in [0.1, 0.15) is 5.82 Å². The van der Waals surface area contributed by atoms with Crippen LogP contribution in [0.2, 0.25) is 5.02 Å². The molecule has 4 rings (SSSR count). The summed E-state index contributed by atoms with van der Waals surface area (Å²) in [5.41, 5.74) is 5.16. The Balaban J connectivity index is 1.67. The zero-order chi connectivity index (χ0) is 21.6. The quantitative estimate of drug-likeness (QED) is 0.628. The topological polar surface area (TPSA) is 63.9 Å². The number of hydrogen-bond acceptors (Lipinski definition) is 4. The van der Waals surface area contributed by atoms with Gasteiger partial charge in [-0.15, -0.1) is 0 Å². The second-order valence-corrected chi connectivity index (χ2v) is 8.17. The first-order valence-electron chi connectivity index (χ1n) is 9.90. The van der Waals surface area contributed by atoms with E-state index >= 15 is 0 Å². The Morgan fingerprint density at radius 1 is 1.13 bits per heavy atom. The number of carbonyl (C=O) groups is 1. The average molecular weight is 428 g/mol. The Hall–Kier alpha value is -2.80. The van der Waals surface area contributed by atoms with E-state index in [2.05, 4.69) is 15.1 Å². The minimum absolute atomic E-state index is 0.129. The number of rotatable bonds is 3. The molecule has 0 saturated heterocycles. The van der Waals surface area contributed by atoms with Crippen LogP contribution in [0.15, 0.2) is 18.2 Å². The lowest BCUT2D eigenvalue weighted by atomic mass is 10.00. The molecule has 0 atom stereocenters. The summed E-state index contributed by atoms with van der Waals surface area (Å²) in [5, 5.41) is 4.91. The van der Waals surface area contributed by atoms with E-state index in [1.54, 1.807) is 10.7 Å². The molecule has 3 aromatic rings. The average Bonchev–Trinajstić information content (AvgIpc) is 2.94. The highest BCUT2D eigenvalue weighted by atomic mass is 35.5. The van der Waals surface area contributed by atoms with Crippen molar-refractivity contribution in [2.24, 2.45) is 0 Å². The second-order valence-electron chi connectivity index (χ2n) is 7.73. The van der Waals surface area contributed by atoms with Gasteiger partial charge in [0.15, 0.2) is 0 Å². The molecular weight excluding hydrogens is 405 g/mol. The highest BCUT2D eigenvalue weighted by Gasteiger charge is 2.28. The third-order valence-corrected chi connectivity index (χ3v) is 5.65. The third-order valence-electron chi connectivity index (χ3n) is 5.44. The van der Waals surface area contributed by atoms with Crippen LogP contribution in [0.4, 0.5) is 10.1 Å². The van der Waals surface area contributed by atoms with Gasteiger partial charge in [-0.2, -0.15) is 5.10 Å². The van der Waals surface area contributed by atoms with E-state index in [9.17, 15) is 9.18 Å². The number of carbonyl (C=O) groups excluding carboxylic acids is 1. The number of anilines is 1. The first-order valence-corrected chi connectivity index (χ1v) is 10.3. The van der Waals surface area contributed by atoms with Crippen molar-refractivity contribution in [1.29, 1.82) is 0 Å². The van der Waals surface area contributed by atoms with E-state index in [-0.39, 0.29) is 12.3 Å². The summed E-state index contributed by atoms with van der Waals surface area (Å²) in [4.78, 5) is 23.7. The Bertz CT molecular complexity index is 1140. The van der Waals surface area contributed by atoms with E-state index in [4.69, 9.17) is 11.6 Å². The van der Waals surface area contributed by atoms with Crippen LogP contribution in [-0.2, 0) is 17.6 Å². The molecule has 8 heteroatoms. The molecule has 0 unspecified atom stereocenters. The van der Waals surface area contributed by atoms with Gasteiger partial charge in [0.25, 0.3) is 5.95 Å². The number of fused-ring (bicyclic) bond motifs is 1. The number of amides is 1. The van der Waals surface area contributed by atoms with Crippen LogP contribution >= 0.6 is 11.6 Å². The Labute approximate surface area is 179 Å². The Kier molecular flexibility index (Phi) is 5.32. The summed E-state index contributed by atoms with van der Waals surface area (Å²) < 4.78 is 16.3. The van der Waals surface area contributed by atoms with Crippen LogP contribution in [0.25, 0.3) is 5.95 Å². The minimum Gasteiger partial charge on any atom is -0.309 e. The SMILES string of the molecule is Cc1cc(C)nc(-n2nc(C)c(CC(=O)N3CCCc4cc(Cl)cc(F)c43)c2C)n1. The molecule has 1 aromatic carbocycles. The van der Waals surface area contributed by atoms with E-state index in [0.717, 1.165) is 40.3 Å². The zero-order valence-electron chi connectivity index (χ0n) is 17.5. The summed E-state index contributed by atoms with van der Waals surface area (Å²) in [6, 6.07) is 4.90. The summed E-state index contributed by atoms with van der Waals surface area (Å²) in [6.45, 7) is 8.05. The first-order chi connectivity index (χ1) is 14.2. The van der Waals surface area contributed by atoms with Crippen molar-refractivity contribution in [3.8, 4) is 5.95 Å². The van der Waals surface area contributed by atoms with E-state index < -0.39 is 5.82 Å². The monoisotopic (exact) mass is 427 g/mol. The van der Waals surface area contributed by atoms with Gasteiger partial charge >= 0.3 is 0 Å². The van der Waals surface area contributed by atoms with Crippen LogP contribution < -0.4 is 4.90 Å². The van der Waals surface area contributed by atoms with Gasteiger partial charge in [0, 0.05) is 34.2 Å². The molecule has 1 aliphatic heterocycles. The van der Waals surface area contributed by atoms with Crippen molar-refractivity contribution in [3.05, 3.63) is 62.9 Å². The molecule has 2 aromatic heterocycles. The van der Waals surface area contributed by atoms with Crippen molar-refractivity contribution < 1.29 is 9.18 Å². The maximum absolute atomic E-state index is 14.6. The summed E-state index contributed by atoms with van der Waals surface area (Å²) >= 11 is 6.00. The predicted octanol–water partition coefficient (Wildman–Crippen LogP) is 4.21. The molecule has 1 amide bonds. The standard InChI is InChI=1S/C22H23ClFN5O/c1-12-8-13(2)26-22(25-12)29-15(4)18(14(3)27-29)11-20(30)28-7-5-6-16-9-17(23)10-19(24)21(16)28/h8-10H,5-7,11H2,1-4H3. The van der Waals surface area contributed by atoms with Gasteiger partial charge in [-0.05, 0) is 64.3 Å². The lowest BCUT2D eigenvalue weighted by molar-refractivity contribution is -0.118. The predicted molar refractivity (Wildman–Crippen MR) is 114 cm³/mol. The lowest BCUT2D eigenvalue weighted by Crippen LogP contribution is -2.37. The smallest absolute Gasteiger partial charge is 0.251 e. The molecule has 0 spiro atoms. The number of halogens is 2. The van der Waals surface area contributed by atoms with Gasteiger partial charge in [-0.25, -0.2) is 19.0 Å². The second kappa shape index (κ2) is 7.80. The van der Waals surface area contributed by atoms with Crippen molar-refractivity contribution in [2.75, 3.05) is 11.4 Å². The van der Waals surface area contributed by atoms with Gasteiger partial charge < -0.3 is 4.90 Å². The number of nitrogens with zero attached hydrogens (tertiary/aromatic N) is 5. The molecule has 0 radical (unpaired) electrons. The largest absolute Gasteiger partial charge is 0.309 e. The minimum atomic E-state index is -0.460. The molecule has 0 aliphatic carbocycles. The van der Waals surface area contributed by atoms with Gasteiger partial charge in [0.2, 0.25) is 5.91 Å². The van der Waals surface area contributed by atoms with Gasteiger partial charge in [0.05, 0.1) is 17.8 Å². The highest BCUT2D eigenvalue weighted by Crippen LogP contribution is 2.33. The van der Waals surface area contributed by atoms with Crippen molar-refractivity contribution in [1.82, 2.24) is 19.7 Å². The number of hydrogen-bond donors (Lipinski definition) is 0. The molecule has 0 fully saturated rings. The van der Waals surface area contributed by atoms with Crippen LogP contribution in [0.3, 0.4) is 0 Å². The van der Waals surface area contributed by atoms with Gasteiger partial charge in [-0.3, -0.25) is 4.79 Å². The van der Waals surface area contributed by atoms with Crippen LogP contribution in [-0.4, -0.2) is 32.2 Å². The Morgan fingerprint density at radius 3 is 2.53 bits per heavy atom. The van der Waals surface area contributed by atoms with E-state index in [1.165, 1.54) is 11.0 Å². The molecule has 30 heavy (non-hydrogen) atoms. The lowest BCUT2D eigenvalue weighted by Gasteiger charge is -2.30. The van der Waals surface area contributed by atoms with Crippen LogP contribution in [0.5, 0.6) is 0 Å². The summed E-state index contributed by atoms with van der Waals surface area (Å²) in [7, 11) is 0. The molecule has 0 N–H and O–H groups in total. The molecule has 0 bridgehead atoms. The third kappa shape index (κ3) is 3.69. The molecule has 0 saturated carbocycles. The Morgan fingerprint density at radius 2 is 1.83 bits per heavy atom. The normalized spacial score (nSPS) is 13.5. The maximum atomic E-state index is 14.6. The molecular formula is C22H23ClFN5O. The van der Waals surface area contributed by atoms with Crippen LogP contribution in [0, 0.1) is 33.5 Å². The number of benzene rings is 1. The van der Waals surface area contributed by atoms with E-state index in [1.807, 2.05) is 33.8 Å².